The lowest BCUT2D eigenvalue weighted by Gasteiger charge is -1.96. The molecule has 0 aliphatic carbocycles. The molecule has 4 heteroatoms. The van der Waals surface area contributed by atoms with E-state index >= 15 is 0 Å². The van der Waals surface area contributed by atoms with Gasteiger partial charge < -0.3 is 15.3 Å². The lowest BCUT2D eigenvalue weighted by Crippen LogP contribution is -1.99. The van der Waals surface area contributed by atoms with Gasteiger partial charge in [0.2, 0.25) is 0 Å². The summed E-state index contributed by atoms with van der Waals surface area (Å²) in [6.45, 7) is 0. The minimum atomic E-state index is 0.130. The molecule has 0 aliphatic rings. The first-order chi connectivity index (χ1) is 11.1. The lowest BCUT2D eigenvalue weighted by molar-refractivity contribution is 0.474. The Kier molecular flexibility index (Phi) is 3.97. The van der Waals surface area contributed by atoms with Crippen molar-refractivity contribution < 1.29 is 9.52 Å². The average molecular weight is 304 g/mol. The molecule has 0 saturated heterocycles. The van der Waals surface area contributed by atoms with Crippen LogP contribution in [0.25, 0.3) is 17.0 Å². The number of nitrogens with one attached hydrogen (secondary N) is 1. The fourth-order valence-corrected chi connectivity index (χ4v) is 2.20. The number of phenolic OH excluding ortho intramolecular Hbond substituents is 1. The second-order valence-corrected chi connectivity index (χ2v) is 5.13. The number of furan rings is 1. The number of nitrogens with two attached hydrogens (primary N) is 1. The second-order valence-electron chi connectivity index (χ2n) is 5.13. The Labute approximate surface area is 133 Å². The summed E-state index contributed by atoms with van der Waals surface area (Å²) in [5.74, 6) is 0.535. The molecular formula is C19H16N2O2. The highest BCUT2D eigenvalue weighted by molar-refractivity contribution is 6.07. The summed E-state index contributed by atoms with van der Waals surface area (Å²) in [6.07, 6.45) is 5.17. The SMILES string of the molecule is N=C(/C=C(N)/C=C/c1ccccc1)c1cc2ccc(O)cc2o1. The number of hydrogen-bond donors (Lipinski definition) is 3. The Morgan fingerprint density at radius 1 is 1.09 bits per heavy atom. The van der Waals surface area contributed by atoms with Crippen LogP contribution in [0.2, 0.25) is 0 Å². The molecule has 0 saturated carbocycles. The molecular weight excluding hydrogens is 288 g/mol. The minimum Gasteiger partial charge on any atom is -0.508 e. The van der Waals surface area contributed by atoms with Crippen LogP contribution in [-0.4, -0.2) is 10.8 Å². The molecule has 0 aliphatic heterocycles. The zero-order valence-electron chi connectivity index (χ0n) is 12.4. The summed E-state index contributed by atoms with van der Waals surface area (Å²) in [7, 11) is 0. The van der Waals surface area contributed by atoms with Gasteiger partial charge in [0.25, 0.3) is 0 Å². The third-order valence-corrected chi connectivity index (χ3v) is 3.35. The summed E-state index contributed by atoms with van der Waals surface area (Å²) in [6, 6.07) is 16.4. The molecule has 1 heterocycles. The van der Waals surface area contributed by atoms with Gasteiger partial charge in [-0.3, -0.25) is 5.41 Å². The van der Waals surface area contributed by atoms with Gasteiger partial charge in [-0.2, -0.15) is 0 Å². The smallest absolute Gasteiger partial charge is 0.153 e. The number of phenols is 1. The Morgan fingerprint density at radius 2 is 1.87 bits per heavy atom. The molecule has 0 fully saturated rings. The molecule has 4 nitrogen and oxygen atoms in total. The van der Waals surface area contributed by atoms with Crippen molar-refractivity contribution in [3.63, 3.8) is 0 Å². The van der Waals surface area contributed by atoms with E-state index in [9.17, 15) is 5.11 Å². The molecule has 23 heavy (non-hydrogen) atoms. The van der Waals surface area contributed by atoms with Gasteiger partial charge in [-0.15, -0.1) is 0 Å². The summed E-state index contributed by atoms with van der Waals surface area (Å²) < 4.78 is 5.57. The lowest BCUT2D eigenvalue weighted by atomic mass is 10.1. The van der Waals surface area contributed by atoms with Gasteiger partial charge >= 0.3 is 0 Å². The zero-order valence-corrected chi connectivity index (χ0v) is 12.4. The molecule has 0 bridgehead atoms. The third kappa shape index (κ3) is 3.49. The van der Waals surface area contributed by atoms with Crippen molar-refractivity contribution in [2.75, 3.05) is 0 Å². The molecule has 3 rings (SSSR count). The third-order valence-electron chi connectivity index (χ3n) is 3.35. The van der Waals surface area contributed by atoms with E-state index in [1.54, 1.807) is 24.3 Å². The largest absolute Gasteiger partial charge is 0.508 e. The Hall–Kier alpha value is -3.27. The molecule has 114 valence electrons. The molecule has 0 unspecified atom stereocenters. The van der Waals surface area contributed by atoms with Crippen molar-refractivity contribution in [1.29, 1.82) is 5.41 Å². The van der Waals surface area contributed by atoms with E-state index < -0.39 is 0 Å². The van der Waals surface area contributed by atoms with Crippen molar-refractivity contribution in [2.24, 2.45) is 5.73 Å². The predicted octanol–water partition coefficient (Wildman–Crippen LogP) is 4.06. The van der Waals surface area contributed by atoms with Crippen LogP contribution in [0.15, 0.2) is 76.9 Å². The number of rotatable bonds is 4. The fraction of sp³-hybridized carbons (Fsp3) is 0. The quantitative estimate of drug-likeness (QED) is 0.502. The van der Waals surface area contributed by atoms with Gasteiger partial charge in [0.05, 0.1) is 5.71 Å². The van der Waals surface area contributed by atoms with Crippen molar-refractivity contribution in [1.82, 2.24) is 0 Å². The van der Waals surface area contributed by atoms with Crippen LogP contribution in [0.1, 0.15) is 11.3 Å². The van der Waals surface area contributed by atoms with Crippen LogP contribution in [0.4, 0.5) is 0 Å². The Balaban J connectivity index is 1.80. The van der Waals surface area contributed by atoms with E-state index in [1.807, 2.05) is 36.4 Å². The molecule has 4 N–H and O–H groups in total. The second kappa shape index (κ2) is 6.23. The van der Waals surface area contributed by atoms with E-state index in [0.717, 1.165) is 10.9 Å². The van der Waals surface area contributed by atoms with Crippen LogP contribution >= 0.6 is 0 Å². The van der Waals surface area contributed by atoms with Gasteiger partial charge in [0.1, 0.15) is 11.3 Å². The van der Waals surface area contributed by atoms with Crippen LogP contribution < -0.4 is 5.73 Å². The van der Waals surface area contributed by atoms with E-state index in [2.05, 4.69) is 0 Å². The standard InChI is InChI=1S/C19H16N2O2/c20-15(8-6-13-4-2-1-3-5-13)11-17(21)19-10-14-7-9-16(22)12-18(14)23-19/h1-12,21-22H,20H2/b8-6+,15-11-,21-17?. The van der Waals surface area contributed by atoms with Crippen molar-refractivity contribution in [3.8, 4) is 5.75 Å². The number of fused-ring (bicyclic) bond motifs is 1. The van der Waals surface area contributed by atoms with E-state index in [-0.39, 0.29) is 11.5 Å². The van der Waals surface area contributed by atoms with Crippen molar-refractivity contribution in [2.45, 2.75) is 0 Å². The van der Waals surface area contributed by atoms with Crippen molar-refractivity contribution in [3.05, 3.63) is 83.8 Å². The van der Waals surface area contributed by atoms with Crippen LogP contribution in [-0.2, 0) is 0 Å². The molecule has 3 aromatic rings. The normalized spacial score (nSPS) is 12.1. The van der Waals surface area contributed by atoms with Gasteiger partial charge in [-0.05, 0) is 35.9 Å². The Morgan fingerprint density at radius 3 is 2.65 bits per heavy atom. The zero-order chi connectivity index (χ0) is 16.2. The van der Waals surface area contributed by atoms with Gasteiger partial charge in [0, 0.05) is 17.1 Å². The maximum atomic E-state index is 9.45. The molecule has 2 aromatic carbocycles. The minimum absolute atomic E-state index is 0.130. The number of allylic oxidation sites excluding steroid dienone is 2. The summed E-state index contributed by atoms with van der Waals surface area (Å²) in [4.78, 5) is 0. The highest BCUT2D eigenvalue weighted by Crippen LogP contribution is 2.24. The number of aromatic hydroxyl groups is 1. The first-order valence-corrected chi connectivity index (χ1v) is 7.13. The molecule has 0 radical (unpaired) electrons. The van der Waals surface area contributed by atoms with E-state index in [1.165, 1.54) is 12.1 Å². The highest BCUT2D eigenvalue weighted by Gasteiger charge is 2.07. The molecule has 1 aromatic heterocycles. The molecule has 0 spiro atoms. The van der Waals surface area contributed by atoms with Gasteiger partial charge in [0.15, 0.2) is 5.76 Å². The highest BCUT2D eigenvalue weighted by atomic mass is 16.3. The average Bonchev–Trinajstić information content (AvgIpc) is 2.97. The maximum absolute atomic E-state index is 9.45. The fourth-order valence-electron chi connectivity index (χ4n) is 2.20. The van der Waals surface area contributed by atoms with Gasteiger partial charge in [-0.25, -0.2) is 0 Å². The number of hydrogen-bond acceptors (Lipinski definition) is 4. The van der Waals surface area contributed by atoms with Crippen LogP contribution in [0.3, 0.4) is 0 Å². The van der Waals surface area contributed by atoms with Gasteiger partial charge in [-0.1, -0.05) is 36.4 Å². The molecule has 0 amide bonds. The topological polar surface area (TPSA) is 83.2 Å². The number of benzene rings is 2. The summed E-state index contributed by atoms with van der Waals surface area (Å²) in [5.41, 5.74) is 8.14. The summed E-state index contributed by atoms with van der Waals surface area (Å²) in [5, 5.41) is 18.4. The Bertz CT molecular complexity index is 906. The van der Waals surface area contributed by atoms with E-state index in [0.29, 0.717) is 17.0 Å². The predicted molar refractivity (Wildman–Crippen MR) is 92.5 cm³/mol. The summed E-state index contributed by atoms with van der Waals surface area (Å²) >= 11 is 0. The molecule has 0 atom stereocenters. The monoisotopic (exact) mass is 304 g/mol. The maximum Gasteiger partial charge on any atom is 0.153 e. The first-order valence-electron chi connectivity index (χ1n) is 7.13. The van der Waals surface area contributed by atoms with E-state index in [4.69, 9.17) is 15.6 Å². The van der Waals surface area contributed by atoms with Crippen LogP contribution in [0, 0.1) is 5.41 Å². The van der Waals surface area contributed by atoms with Crippen molar-refractivity contribution >= 4 is 22.8 Å². The van der Waals surface area contributed by atoms with Crippen LogP contribution in [0.5, 0.6) is 5.75 Å². The first kappa shape index (κ1) is 14.7.